The van der Waals surface area contributed by atoms with Gasteiger partial charge in [0.1, 0.15) is 0 Å². The third-order valence-electron chi connectivity index (χ3n) is 4.34. The van der Waals surface area contributed by atoms with Gasteiger partial charge in [-0.2, -0.15) is 0 Å². The van der Waals surface area contributed by atoms with E-state index in [1.807, 2.05) is 6.07 Å². The molecule has 0 N–H and O–H groups in total. The monoisotopic (exact) mass is 305 g/mol. The summed E-state index contributed by atoms with van der Waals surface area (Å²) >= 11 is 0. The molecule has 22 heavy (non-hydrogen) atoms. The van der Waals surface area contributed by atoms with Crippen molar-refractivity contribution >= 4 is 0 Å². The van der Waals surface area contributed by atoms with Crippen LogP contribution < -0.4 is 0 Å². The van der Waals surface area contributed by atoms with Crippen LogP contribution in [-0.2, 0) is 6.42 Å². The number of hydrogen-bond acceptors (Lipinski definition) is 3. The highest BCUT2D eigenvalue weighted by Gasteiger charge is 1.96. The minimum atomic E-state index is 1.05. The van der Waals surface area contributed by atoms with Crippen LogP contribution in [0.3, 0.4) is 0 Å². The van der Waals surface area contributed by atoms with Crippen molar-refractivity contribution in [1.29, 1.82) is 0 Å². The summed E-state index contributed by atoms with van der Waals surface area (Å²) in [5, 5.41) is 11.4. The number of nitrogens with zero attached hydrogens (tertiary/aromatic N) is 3. The number of unbranched alkanes of at least 4 members (excludes halogenated alkanes) is 13. The summed E-state index contributed by atoms with van der Waals surface area (Å²) < 4.78 is 0. The molecule has 3 heteroatoms. The smallest absolute Gasteiger partial charge is 0.0664 e. The van der Waals surface area contributed by atoms with Gasteiger partial charge in [0.25, 0.3) is 0 Å². The Balaban J connectivity index is 1.73. The van der Waals surface area contributed by atoms with E-state index in [4.69, 9.17) is 0 Å². The molecule has 0 fully saturated rings. The van der Waals surface area contributed by atoms with Gasteiger partial charge in [-0.25, -0.2) is 0 Å². The van der Waals surface area contributed by atoms with E-state index >= 15 is 0 Å². The van der Waals surface area contributed by atoms with E-state index in [1.165, 1.54) is 89.9 Å². The molecule has 0 unspecified atom stereocenters. The fraction of sp³-hybridized carbons (Fsp3) is 0.842. The summed E-state index contributed by atoms with van der Waals surface area (Å²) in [7, 11) is 0. The number of rotatable bonds is 15. The predicted octanol–water partition coefficient (Wildman–Crippen LogP) is 5.90. The number of aromatic nitrogens is 3. The molecule has 0 atom stereocenters. The van der Waals surface area contributed by atoms with Crippen LogP contribution in [0.4, 0.5) is 0 Å². The van der Waals surface area contributed by atoms with Crippen molar-refractivity contribution < 1.29 is 0 Å². The maximum atomic E-state index is 4.02. The molecule has 0 aliphatic heterocycles. The summed E-state index contributed by atoms with van der Waals surface area (Å²) in [6, 6.07) is 1.97. The molecule has 3 nitrogen and oxygen atoms in total. The van der Waals surface area contributed by atoms with E-state index in [1.54, 1.807) is 6.20 Å². The lowest BCUT2D eigenvalue weighted by atomic mass is 10.0. The summed E-state index contributed by atoms with van der Waals surface area (Å²) in [5.74, 6) is 0. The highest BCUT2D eigenvalue weighted by atomic mass is 15.3. The van der Waals surface area contributed by atoms with Gasteiger partial charge < -0.3 is 0 Å². The first-order valence-electron chi connectivity index (χ1n) is 9.56. The van der Waals surface area contributed by atoms with Crippen molar-refractivity contribution in [2.45, 2.75) is 103 Å². The number of hydrogen-bond donors (Lipinski definition) is 0. The topological polar surface area (TPSA) is 38.7 Å². The molecule has 0 amide bonds. The Labute approximate surface area is 137 Å². The van der Waals surface area contributed by atoms with E-state index in [2.05, 4.69) is 22.3 Å². The maximum Gasteiger partial charge on any atom is 0.0664 e. The average molecular weight is 306 g/mol. The van der Waals surface area contributed by atoms with E-state index in [9.17, 15) is 0 Å². The Hall–Kier alpha value is -0.990. The summed E-state index contributed by atoms with van der Waals surface area (Å²) in [5.41, 5.74) is 1.08. The zero-order valence-electron chi connectivity index (χ0n) is 14.6. The molecule has 0 saturated heterocycles. The predicted molar refractivity (Wildman–Crippen MR) is 93.8 cm³/mol. The van der Waals surface area contributed by atoms with Crippen LogP contribution in [0.2, 0.25) is 0 Å². The minimum Gasteiger partial charge on any atom is -0.139 e. The molecule has 0 bridgehead atoms. The highest BCUT2D eigenvalue weighted by molar-refractivity contribution is 4.94. The highest BCUT2D eigenvalue weighted by Crippen LogP contribution is 2.13. The molecule has 1 rings (SSSR count). The van der Waals surface area contributed by atoms with Crippen LogP contribution in [0.1, 0.15) is 103 Å². The van der Waals surface area contributed by atoms with Crippen LogP contribution in [0, 0.1) is 0 Å². The van der Waals surface area contributed by atoms with Crippen molar-refractivity contribution in [3.63, 3.8) is 0 Å². The van der Waals surface area contributed by atoms with Crippen LogP contribution >= 0.6 is 0 Å². The normalized spacial score (nSPS) is 11.0. The van der Waals surface area contributed by atoms with Gasteiger partial charge >= 0.3 is 0 Å². The molecule has 1 aromatic rings. The number of aryl methyl sites for hydroxylation is 1. The molecule has 0 aromatic carbocycles. The third-order valence-corrected chi connectivity index (χ3v) is 4.34. The van der Waals surface area contributed by atoms with E-state index in [-0.39, 0.29) is 0 Å². The SMILES string of the molecule is CCCCCCCCCCCCCCCCc1ccnnn1. The van der Waals surface area contributed by atoms with Crippen molar-refractivity contribution in [2.24, 2.45) is 0 Å². The molecule has 0 saturated carbocycles. The summed E-state index contributed by atoms with van der Waals surface area (Å²) in [6.07, 6.45) is 22.4. The van der Waals surface area contributed by atoms with Crippen molar-refractivity contribution in [1.82, 2.24) is 15.4 Å². The molecule has 0 aliphatic carbocycles. The van der Waals surface area contributed by atoms with Crippen molar-refractivity contribution in [3.8, 4) is 0 Å². The Kier molecular flexibility index (Phi) is 12.9. The first-order chi connectivity index (χ1) is 10.9. The molecule has 0 radical (unpaired) electrons. The van der Waals surface area contributed by atoms with Crippen molar-refractivity contribution in [3.05, 3.63) is 18.0 Å². The Morgan fingerprint density at radius 2 is 1.18 bits per heavy atom. The van der Waals surface area contributed by atoms with E-state index in [0.29, 0.717) is 0 Å². The summed E-state index contributed by atoms with van der Waals surface area (Å²) in [4.78, 5) is 0. The Morgan fingerprint density at radius 3 is 1.64 bits per heavy atom. The largest absolute Gasteiger partial charge is 0.139 e. The van der Waals surface area contributed by atoms with E-state index in [0.717, 1.165) is 12.1 Å². The van der Waals surface area contributed by atoms with Gasteiger partial charge in [0.15, 0.2) is 0 Å². The van der Waals surface area contributed by atoms with Crippen molar-refractivity contribution in [2.75, 3.05) is 0 Å². The summed E-state index contributed by atoms with van der Waals surface area (Å²) in [6.45, 7) is 2.28. The van der Waals surface area contributed by atoms with Gasteiger partial charge in [-0.3, -0.25) is 0 Å². The second kappa shape index (κ2) is 14.9. The standard InChI is InChI=1S/C19H35N3/c1-2-3-4-5-6-7-8-9-10-11-12-13-14-15-16-19-17-18-20-22-21-19/h17-18H,2-16H2,1H3. The Bertz CT molecular complexity index is 327. The van der Waals surface area contributed by atoms with Gasteiger partial charge in [0, 0.05) is 0 Å². The zero-order chi connectivity index (χ0) is 15.7. The minimum absolute atomic E-state index is 1.05. The third kappa shape index (κ3) is 11.6. The fourth-order valence-corrected chi connectivity index (χ4v) is 2.90. The second-order valence-corrected chi connectivity index (χ2v) is 6.46. The van der Waals surface area contributed by atoms with Crippen LogP contribution in [0.15, 0.2) is 12.3 Å². The van der Waals surface area contributed by atoms with Gasteiger partial charge in [-0.15, -0.1) is 10.2 Å². The molecule has 1 aromatic heterocycles. The fourth-order valence-electron chi connectivity index (χ4n) is 2.90. The van der Waals surface area contributed by atoms with Gasteiger partial charge in [0.05, 0.1) is 11.9 Å². The van der Waals surface area contributed by atoms with Crippen LogP contribution in [0.5, 0.6) is 0 Å². The molecular formula is C19H35N3. The zero-order valence-corrected chi connectivity index (χ0v) is 14.6. The molecule has 0 spiro atoms. The lowest BCUT2D eigenvalue weighted by molar-refractivity contribution is 0.534. The molecule has 0 aliphatic rings. The molecule has 126 valence electrons. The maximum absolute atomic E-state index is 4.02. The molecular weight excluding hydrogens is 270 g/mol. The van der Waals surface area contributed by atoms with Gasteiger partial charge in [-0.1, -0.05) is 90.4 Å². The Morgan fingerprint density at radius 1 is 0.682 bits per heavy atom. The first kappa shape index (κ1) is 19.1. The van der Waals surface area contributed by atoms with Gasteiger partial charge in [0.2, 0.25) is 0 Å². The van der Waals surface area contributed by atoms with Gasteiger partial charge in [-0.05, 0) is 24.1 Å². The lowest BCUT2D eigenvalue weighted by Gasteiger charge is -2.03. The average Bonchev–Trinajstić information content (AvgIpc) is 2.56. The van der Waals surface area contributed by atoms with Crippen LogP contribution in [-0.4, -0.2) is 15.4 Å². The van der Waals surface area contributed by atoms with Crippen LogP contribution in [0.25, 0.3) is 0 Å². The van der Waals surface area contributed by atoms with E-state index < -0.39 is 0 Å². The first-order valence-corrected chi connectivity index (χ1v) is 9.56. The lowest BCUT2D eigenvalue weighted by Crippen LogP contribution is -1.94. The molecule has 1 heterocycles. The second-order valence-electron chi connectivity index (χ2n) is 6.46. The quantitative estimate of drug-likeness (QED) is 0.379.